The quantitative estimate of drug-likeness (QED) is 0.141. The first kappa shape index (κ1) is 25.1. The number of hydrogen-bond acceptors (Lipinski definition) is 0. The van der Waals surface area contributed by atoms with Gasteiger partial charge in [0.25, 0.3) is 0 Å². The molecular formula is C23H19Cl3HfSi-2. The van der Waals surface area contributed by atoms with Crippen molar-refractivity contribution in [3.8, 4) is 0 Å². The summed E-state index contributed by atoms with van der Waals surface area (Å²) in [5.74, 6) is 0. The Hall–Kier alpha value is -0.903. The molecule has 0 aliphatic carbocycles. The van der Waals surface area contributed by atoms with Gasteiger partial charge in [0.2, 0.25) is 0 Å². The zero-order chi connectivity index (χ0) is 18.4. The molecule has 0 aliphatic rings. The van der Waals surface area contributed by atoms with Crippen LogP contribution >= 0.6 is 11.1 Å². The summed E-state index contributed by atoms with van der Waals surface area (Å²) in [6.45, 7) is 2.10. The van der Waals surface area contributed by atoms with Crippen LogP contribution in [-0.4, -0.2) is 4.80 Å². The van der Waals surface area contributed by atoms with Crippen LogP contribution < -0.4 is 24.8 Å². The summed E-state index contributed by atoms with van der Waals surface area (Å²) in [6.07, 6.45) is 0. The average molecular weight is 608 g/mol. The third-order valence-electron chi connectivity index (χ3n) is 4.07. The molecule has 0 heterocycles. The molecule has 0 saturated heterocycles. The molecule has 0 nitrogen and oxygen atoms in total. The fourth-order valence-corrected chi connectivity index (χ4v) is 2.97. The van der Waals surface area contributed by atoms with Crippen LogP contribution in [0.3, 0.4) is 0 Å². The minimum absolute atomic E-state index is 0. The molecule has 0 aromatic heterocycles. The number of rotatable bonds is 0. The first-order valence-corrected chi connectivity index (χ1v) is 16.9. The molecular weight excluding hydrogens is 589 g/mol. The van der Waals surface area contributed by atoms with Crippen molar-refractivity contribution >= 4 is 48.2 Å². The second kappa shape index (κ2) is 12.6. The van der Waals surface area contributed by atoms with Crippen LogP contribution in [0.2, 0.25) is 6.55 Å². The van der Waals surface area contributed by atoms with Gasteiger partial charge >= 0.3 is 45.4 Å². The van der Waals surface area contributed by atoms with E-state index in [9.17, 15) is 0 Å². The van der Waals surface area contributed by atoms with Crippen molar-refractivity contribution < 1.29 is 47.8 Å². The van der Waals surface area contributed by atoms with Gasteiger partial charge in [0.1, 0.15) is 0 Å². The fourth-order valence-electron chi connectivity index (χ4n) is 2.97. The number of benzene rings is 3. The minimum atomic E-state index is -0.269. The van der Waals surface area contributed by atoms with E-state index in [2.05, 4.69) is 104 Å². The summed E-state index contributed by atoms with van der Waals surface area (Å²) in [5.41, 5.74) is 0. The summed E-state index contributed by atoms with van der Waals surface area (Å²) < 4.78 is 0. The first-order chi connectivity index (χ1) is 12.6. The monoisotopic (exact) mass is 608 g/mol. The number of halogens is 3. The van der Waals surface area contributed by atoms with Gasteiger partial charge in [-0.2, -0.15) is 17.5 Å². The molecule has 0 unspecified atom stereocenters. The second-order valence-electron chi connectivity index (χ2n) is 6.01. The topological polar surface area (TPSA) is 0 Å². The number of hydrogen-bond donors (Lipinski definition) is 0. The van der Waals surface area contributed by atoms with Crippen molar-refractivity contribution in [2.24, 2.45) is 0 Å². The normalized spacial score (nSPS) is 9.43. The fraction of sp³-hybridized carbons (Fsp3) is 0.0435. The molecule has 0 N–H and O–H groups in total. The van der Waals surface area contributed by atoms with Gasteiger partial charge in [0, 0.05) is 0 Å². The molecule has 5 aromatic rings. The van der Waals surface area contributed by atoms with E-state index in [1.165, 1.54) is 55.3 Å². The van der Waals surface area contributed by atoms with Crippen LogP contribution in [0.15, 0.2) is 97.1 Å². The predicted molar refractivity (Wildman–Crippen MR) is 114 cm³/mol. The molecule has 5 heteroatoms. The smallest absolute Gasteiger partial charge is 0.0771 e. The van der Waals surface area contributed by atoms with E-state index in [0.29, 0.717) is 0 Å². The second-order valence-corrected chi connectivity index (χ2v) is 20.3. The molecule has 5 aromatic carbocycles. The molecule has 28 heavy (non-hydrogen) atoms. The molecule has 0 saturated carbocycles. The minimum Gasteiger partial charge on any atom is -1.00 e. The van der Waals surface area contributed by atoms with Gasteiger partial charge in [-0.25, -0.2) is 0 Å². The van der Waals surface area contributed by atoms with Crippen molar-refractivity contribution in [2.75, 3.05) is 0 Å². The maximum absolute atomic E-state index is 5.44. The summed E-state index contributed by atoms with van der Waals surface area (Å²) in [6, 6.07) is 33.9. The molecule has 142 valence electrons. The summed E-state index contributed by atoms with van der Waals surface area (Å²) in [7, 11) is 0. The van der Waals surface area contributed by atoms with Crippen LogP contribution in [0, 0.1) is 0 Å². The molecule has 0 aliphatic heterocycles. The standard InChI is InChI=1S/C13H9.C9H7.CH3ClSi.2ClH.Hf/c1-3-7-12-10(5-1)9-11-6-2-4-8-13(11)12;1-2-5-9-7-3-6-8(9)4-1;1-3-2;;;/h1-9H;1-7H;1H3;2*1H;/q2*-1;;;;+2/p-2. The molecule has 0 radical (unpaired) electrons. The van der Waals surface area contributed by atoms with Crippen molar-refractivity contribution in [1.82, 2.24) is 0 Å². The maximum Gasteiger partial charge on any atom is -0.0771 e. The molecule has 0 fully saturated rings. The van der Waals surface area contributed by atoms with Crippen molar-refractivity contribution in [3.05, 3.63) is 97.1 Å². The Morgan fingerprint density at radius 1 is 0.714 bits per heavy atom. The average Bonchev–Trinajstić information content (AvgIpc) is 3.26. The van der Waals surface area contributed by atoms with E-state index in [4.69, 9.17) is 11.1 Å². The zero-order valence-corrected chi connectivity index (χ0v) is 22.2. The van der Waals surface area contributed by atoms with E-state index in [1.807, 2.05) is 0 Å². The maximum atomic E-state index is 5.44. The Kier molecular flexibility index (Phi) is 11.3. The number of fused-ring (bicyclic) bond motifs is 4. The van der Waals surface area contributed by atoms with Gasteiger partial charge in [0.05, 0.1) is 0 Å². The van der Waals surface area contributed by atoms with Crippen LogP contribution in [-0.2, 0) is 23.0 Å². The Morgan fingerprint density at radius 2 is 1.14 bits per heavy atom. The largest absolute Gasteiger partial charge is 1.00 e. The van der Waals surface area contributed by atoms with E-state index >= 15 is 0 Å². The molecule has 0 bridgehead atoms. The molecule has 0 spiro atoms. The van der Waals surface area contributed by atoms with Crippen molar-refractivity contribution in [1.29, 1.82) is 0 Å². The van der Waals surface area contributed by atoms with E-state index in [1.54, 1.807) is 0 Å². The van der Waals surface area contributed by atoms with E-state index in [0.717, 1.165) is 0 Å². The summed E-state index contributed by atoms with van der Waals surface area (Å²) in [5, 5.41) is 8.05. The Morgan fingerprint density at radius 3 is 1.64 bits per heavy atom. The van der Waals surface area contributed by atoms with E-state index < -0.39 is 0 Å². The van der Waals surface area contributed by atoms with Crippen LogP contribution in [0.4, 0.5) is 0 Å². The zero-order valence-electron chi connectivity index (χ0n) is 15.4. The van der Waals surface area contributed by atoms with Crippen LogP contribution in [0.5, 0.6) is 0 Å². The Bertz CT molecular complexity index is 1060. The van der Waals surface area contributed by atoms with Crippen LogP contribution in [0.1, 0.15) is 0 Å². The van der Waals surface area contributed by atoms with Gasteiger partial charge in [0.15, 0.2) is 0 Å². The first-order valence-electron chi connectivity index (χ1n) is 8.49. The van der Waals surface area contributed by atoms with Gasteiger partial charge in [-0.3, -0.25) is 0 Å². The van der Waals surface area contributed by atoms with Gasteiger partial charge < -0.3 is 24.8 Å². The summed E-state index contributed by atoms with van der Waals surface area (Å²) in [4.78, 5) is -0.269. The van der Waals surface area contributed by atoms with Gasteiger partial charge in [-0.05, 0) is 0 Å². The summed E-state index contributed by atoms with van der Waals surface area (Å²) >= 11 is 6.65. The molecule has 0 amide bonds. The van der Waals surface area contributed by atoms with Gasteiger partial charge in [-0.15, -0.1) is 69.4 Å². The van der Waals surface area contributed by atoms with Crippen molar-refractivity contribution in [3.63, 3.8) is 0 Å². The van der Waals surface area contributed by atoms with Crippen molar-refractivity contribution in [2.45, 2.75) is 6.55 Å². The molecule has 5 rings (SSSR count). The van der Waals surface area contributed by atoms with Crippen LogP contribution in [0.25, 0.3) is 32.3 Å². The predicted octanol–water partition coefficient (Wildman–Crippen LogP) is 1.17. The molecule has 0 atom stereocenters. The Labute approximate surface area is 198 Å². The Balaban J connectivity index is 0.000000231. The third kappa shape index (κ3) is 6.86. The van der Waals surface area contributed by atoms with E-state index in [-0.39, 0.29) is 29.6 Å². The van der Waals surface area contributed by atoms with Gasteiger partial charge in [-0.1, -0.05) is 42.5 Å². The SMILES string of the molecule is C[Si](Cl)=[Hf+2].[Cl-].[Cl-].c1ccc2[cH-]ccc2c1.c1ccc2c(c1)[cH-]c1ccccc12. The third-order valence-corrected chi connectivity index (χ3v) is 4.07.